The van der Waals surface area contributed by atoms with Crippen LogP contribution in [0.15, 0.2) is 15.2 Å². The summed E-state index contributed by atoms with van der Waals surface area (Å²) in [6.45, 7) is 4.38. The van der Waals surface area contributed by atoms with Crippen molar-refractivity contribution in [1.29, 1.82) is 0 Å². The van der Waals surface area contributed by atoms with Crippen molar-refractivity contribution in [2.45, 2.75) is 13.3 Å². The molecule has 0 radical (unpaired) electrons. The first-order valence-electron chi connectivity index (χ1n) is 5.27. The summed E-state index contributed by atoms with van der Waals surface area (Å²) in [6.07, 6.45) is 1.00. The van der Waals surface area contributed by atoms with Gasteiger partial charge in [0, 0.05) is 18.5 Å². The molecule has 1 unspecified atom stereocenters. The van der Waals surface area contributed by atoms with E-state index in [1.807, 2.05) is 16.3 Å². The van der Waals surface area contributed by atoms with Crippen LogP contribution in [0, 0.1) is 5.41 Å². The molecule has 0 saturated carbocycles. The number of nitrogens with zero attached hydrogens (tertiary/aromatic N) is 1. The van der Waals surface area contributed by atoms with Gasteiger partial charge in [-0.05, 0) is 40.4 Å². The smallest absolute Gasteiger partial charge is 0.254 e. The summed E-state index contributed by atoms with van der Waals surface area (Å²) in [5.41, 5.74) is 6.61. The molecular weight excluding hydrogens is 288 g/mol. The molecule has 5 heteroatoms. The predicted octanol–water partition coefficient (Wildman–Crippen LogP) is 2.32. The lowest BCUT2D eigenvalue weighted by Crippen LogP contribution is -2.34. The standard InChI is InChI=1S/C11H15BrN2OS/c1-11(6-13)2-3-14(7-11)10(15)8-4-9(12)16-5-8/h4-5H,2-3,6-7,13H2,1H3. The van der Waals surface area contributed by atoms with Crippen LogP contribution in [0.5, 0.6) is 0 Å². The van der Waals surface area contributed by atoms with Crippen molar-refractivity contribution in [1.82, 2.24) is 4.90 Å². The number of carbonyl (C=O) groups is 1. The fraction of sp³-hybridized carbons (Fsp3) is 0.545. The molecule has 1 amide bonds. The third-order valence-corrected chi connectivity index (χ3v) is 4.66. The summed E-state index contributed by atoms with van der Waals surface area (Å²) in [6, 6.07) is 1.88. The van der Waals surface area contributed by atoms with Crippen LogP contribution in [0.4, 0.5) is 0 Å². The van der Waals surface area contributed by atoms with Crippen molar-refractivity contribution >= 4 is 33.2 Å². The van der Waals surface area contributed by atoms with Crippen molar-refractivity contribution < 1.29 is 4.79 Å². The summed E-state index contributed by atoms with van der Waals surface area (Å²) in [5.74, 6) is 0.124. The van der Waals surface area contributed by atoms with E-state index in [1.165, 1.54) is 0 Å². The van der Waals surface area contributed by atoms with Crippen LogP contribution in [0.1, 0.15) is 23.7 Å². The molecule has 88 valence electrons. The number of hydrogen-bond acceptors (Lipinski definition) is 3. The van der Waals surface area contributed by atoms with E-state index in [0.717, 1.165) is 28.9 Å². The molecule has 0 spiro atoms. The van der Waals surface area contributed by atoms with Crippen molar-refractivity contribution in [3.8, 4) is 0 Å². The Morgan fingerprint density at radius 3 is 3.00 bits per heavy atom. The fourth-order valence-corrected chi connectivity index (χ4v) is 3.10. The maximum Gasteiger partial charge on any atom is 0.254 e. The van der Waals surface area contributed by atoms with E-state index in [2.05, 4.69) is 22.9 Å². The zero-order chi connectivity index (χ0) is 11.8. The number of carbonyl (C=O) groups excluding carboxylic acids is 1. The first-order chi connectivity index (χ1) is 7.54. The van der Waals surface area contributed by atoms with Crippen LogP contribution in [0.2, 0.25) is 0 Å². The van der Waals surface area contributed by atoms with Gasteiger partial charge in [0.1, 0.15) is 0 Å². The summed E-state index contributed by atoms with van der Waals surface area (Å²) in [5, 5.41) is 1.89. The number of amides is 1. The van der Waals surface area contributed by atoms with Crippen molar-refractivity contribution in [2.24, 2.45) is 11.1 Å². The van der Waals surface area contributed by atoms with E-state index in [9.17, 15) is 4.79 Å². The van der Waals surface area contributed by atoms with Crippen LogP contribution in [-0.4, -0.2) is 30.4 Å². The van der Waals surface area contributed by atoms with Crippen LogP contribution in [-0.2, 0) is 0 Å². The molecule has 1 aliphatic heterocycles. The van der Waals surface area contributed by atoms with Crippen molar-refractivity contribution in [2.75, 3.05) is 19.6 Å². The molecule has 2 N–H and O–H groups in total. The quantitative estimate of drug-likeness (QED) is 0.911. The number of likely N-dealkylation sites (tertiary alicyclic amines) is 1. The first-order valence-corrected chi connectivity index (χ1v) is 6.95. The highest BCUT2D eigenvalue weighted by molar-refractivity contribution is 9.11. The van der Waals surface area contributed by atoms with Gasteiger partial charge in [0.25, 0.3) is 5.91 Å². The van der Waals surface area contributed by atoms with Gasteiger partial charge in [-0.15, -0.1) is 11.3 Å². The molecule has 1 aromatic heterocycles. The maximum atomic E-state index is 12.1. The Morgan fingerprint density at radius 1 is 1.75 bits per heavy atom. The van der Waals surface area contributed by atoms with Crippen LogP contribution >= 0.6 is 27.3 Å². The minimum Gasteiger partial charge on any atom is -0.338 e. The largest absolute Gasteiger partial charge is 0.338 e. The zero-order valence-electron chi connectivity index (χ0n) is 9.20. The Hall–Kier alpha value is -0.390. The summed E-state index contributed by atoms with van der Waals surface area (Å²) >= 11 is 4.91. The third kappa shape index (κ3) is 2.31. The number of rotatable bonds is 2. The number of thiophene rings is 1. The molecule has 3 nitrogen and oxygen atoms in total. The molecule has 0 aliphatic carbocycles. The molecule has 1 aromatic rings. The number of nitrogens with two attached hydrogens (primary N) is 1. The highest BCUT2D eigenvalue weighted by Gasteiger charge is 2.35. The van der Waals surface area contributed by atoms with E-state index in [4.69, 9.17) is 5.73 Å². The molecule has 1 atom stereocenters. The lowest BCUT2D eigenvalue weighted by atomic mass is 9.90. The predicted molar refractivity (Wildman–Crippen MR) is 69.7 cm³/mol. The molecule has 2 rings (SSSR count). The van der Waals surface area contributed by atoms with Gasteiger partial charge >= 0.3 is 0 Å². The fourth-order valence-electron chi connectivity index (χ4n) is 1.97. The topological polar surface area (TPSA) is 46.3 Å². The third-order valence-electron chi connectivity index (χ3n) is 3.15. The van der Waals surface area contributed by atoms with Gasteiger partial charge < -0.3 is 10.6 Å². The van der Waals surface area contributed by atoms with Gasteiger partial charge in [0.05, 0.1) is 9.35 Å². The van der Waals surface area contributed by atoms with Gasteiger partial charge in [-0.1, -0.05) is 6.92 Å². The lowest BCUT2D eigenvalue weighted by Gasteiger charge is -2.22. The SMILES string of the molecule is CC1(CN)CCN(C(=O)c2csc(Br)c2)C1. The summed E-state index contributed by atoms with van der Waals surface area (Å²) < 4.78 is 0.997. The van der Waals surface area contributed by atoms with Crippen molar-refractivity contribution in [3.05, 3.63) is 20.8 Å². The van der Waals surface area contributed by atoms with Crippen molar-refractivity contribution in [3.63, 3.8) is 0 Å². The minimum absolute atomic E-state index is 0.100. The minimum atomic E-state index is 0.100. The van der Waals surface area contributed by atoms with Gasteiger partial charge in [-0.3, -0.25) is 4.79 Å². The average molecular weight is 303 g/mol. The van der Waals surface area contributed by atoms with E-state index >= 15 is 0 Å². The second-order valence-corrected chi connectivity index (χ2v) is 6.92. The monoisotopic (exact) mass is 302 g/mol. The van der Waals surface area contributed by atoms with Crippen LogP contribution < -0.4 is 5.73 Å². The molecule has 16 heavy (non-hydrogen) atoms. The number of halogens is 1. The Balaban J connectivity index is 2.08. The molecular formula is C11H15BrN2OS. The second-order valence-electron chi connectivity index (χ2n) is 4.63. The molecule has 1 aliphatic rings. The van der Waals surface area contributed by atoms with Gasteiger partial charge in [-0.2, -0.15) is 0 Å². The first kappa shape index (κ1) is 12.1. The normalized spacial score (nSPS) is 25.1. The van der Waals surface area contributed by atoms with Gasteiger partial charge in [0.2, 0.25) is 0 Å². The van der Waals surface area contributed by atoms with Gasteiger partial charge in [0.15, 0.2) is 0 Å². The number of hydrogen-bond donors (Lipinski definition) is 1. The van der Waals surface area contributed by atoms with Crippen LogP contribution in [0.25, 0.3) is 0 Å². The second kappa shape index (κ2) is 4.47. The molecule has 2 heterocycles. The average Bonchev–Trinajstić information content (AvgIpc) is 2.85. The Kier molecular flexibility index (Phi) is 3.37. The van der Waals surface area contributed by atoms with Gasteiger partial charge in [-0.25, -0.2) is 0 Å². The van der Waals surface area contributed by atoms with E-state index < -0.39 is 0 Å². The van der Waals surface area contributed by atoms with E-state index in [0.29, 0.717) is 6.54 Å². The Bertz CT molecular complexity index is 406. The summed E-state index contributed by atoms with van der Waals surface area (Å²) in [4.78, 5) is 14.0. The zero-order valence-corrected chi connectivity index (χ0v) is 11.6. The highest BCUT2D eigenvalue weighted by atomic mass is 79.9. The summed E-state index contributed by atoms with van der Waals surface area (Å²) in [7, 11) is 0. The molecule has 0 bridgehead atoms. The Labute approximate surface area is 108 Å². The van der Waals surface area contributed by atoms with E-state index in [-0.39, 0.29) is 11.3 Å². The maximum absolute atomic E-state index is 12.1. The van der Waals surface area contributed by atoms with Crippen LogP contribution in [0.3, 0.4) is 0 Å². The molecule has 1 fully saturated rings. The lowest BCUT2D eigenvalue weighted by molar-refractivity contribution is 0.0777. The molecule has 0 aromatic carbocycles. The van der Waals surface area contributed by atoms with E-state index in [1.54, 1.807) is 11.3 Å². The Morgan fingerprint density at radius 2 is 2.50 bits per heavy atom. The highest BCUT2D eigenvalue weighted by Crippen LogP contribution is 2.30. The molecule has 1 saturated heterocycles.